The molecular formula is C31H42N6O3S2. The lowest BCUT2D eigenvalue weighted by atomic mass is 9.71. The molecule has 4 heterocycles. The maximum atomic E-state index is 13.7. The summed E-state index contributed by atoms with van der Waals surface area (Å²) in [6.07, 6.45) is 11.3. The molecule has 3 aromatic rings. The Kier molecular flexibility index (Phi) is 9.13. The molecule has 5 rings (SSSR count). The number of carbonyl (C=O) groups is 1. The van der Waals surface area contributed by atoms with Crippen LogP contribution < -0.4 is 4.72 Å². The zero-order valence-electron chi connectivity index (χ0n) is 25.3. The average Bonchev–Trinajstić information content (AvgIpc) is 3.37. The number of hydrogen-bond donors (Lipinski definition) is 1. The molecule has 2 aliphatic rings. The third-order valence-corrected chi connectivity index (χ3v) is 11.0. The number of nitrogens with one attached hydrogen (secondary N) is 1. The molecule has 1 N–H and O–H groups in total. The summed E-state index contributed by atoms with van der Waals surface area (Å²) in [6, 6.07) is 5.68. The highest BCUT2D eigenvalue weighted by molar-refractivity contribution is 7.90. The van der Waals surface area contributed by atoms with Crippen LogP contribution in [-0.2, 0) is 23.1 Å². The fraction of sp³-hybridized carbons (Fsp3) is 0.548. The third kappa shape index (κ3) is 7.24. The van der Waals surface area contributed by atoms with Crippen molar-refractivity contribution in [3.63, 3.8) is 0 Å². The zero-order chi connectivity index (χ0) is 30.1. The zero-order valence-corrected chi connectivity index (χ0v) is 26.9. The van der Waals surface area contributed by atoms with Crippen LogP contribution in [0.1, 0.15) is 79.0 Å². The van der Waals surface area contributed by atoms with Crippen molar-refractivity contribution in [1.29, 1.82) is 0 Å². The van der Waals surface area contributed by atoms with Gasteiger partial charge in [0.25, 0.3) is 0 Å². The highest BCUT2D eigenvalue weighted by atomic mass is 32.2. The first-order valence-electron chi connectivity index (χ1n) is 14.7. The molecule has 9 nitrogen and oxygen atoms in total. The van der Waals surface area contributed by atoms with E-state index in [1.165, 1.54) is 31.0 Å². The van der Waals surface area contributed by atoms with Crippen molar-refractivity contribution in [1.82, 2.24) is 24.2 Å². The number of hydrogen-bond acceptors (Lipinski definition) is 8. The van der Waals surface area contributed by atoms with Crippen LogP contribution in [0.4, 0.5) is 5.82 Å². The summed E-state index contributed by atoms with van der Waals surface area (Å²) < 4.78 is 28.0. The van der Waals surface area contributed by atoms with Gasteiger partial charge in [-0.3, -0.25) is 14.4 Å². The summed E-state index contributed by atoms with van der Waals surface area (Å²) in [5, 5.41) is 0.501. The fourth-order valence-electron chi connectivity index (χ4n) is 5.73. The molecule has 0 fully saturated rings. The van der Waals surface area contributed by atoms with E-state index in [-0.39, 0.29) is 22.9 Å². The highest BCUT2D eigenvalue weighted by Gasteiger charge is 2.30. The minimum absolute atomic E-state index is 0.00414. The summed E-state index contributed by atoms with van der Waals surface area (Å²) in [4.78, 5) is 31.0. The second kappa shape index (κ2) is 12.5. The first-order valence-corrected chi connectivity index (χ1v) is 17.0. The second-order valence-electron chi connectivity index (χ2n) is 12.8. The van der Waals surface area contributed by atoms with Gasteiger partial charge in [0.05, 0.1) is 0 Å². The Morgan fingerprint density at radius 3 is 2.69 bits per heavy atom. The lowest BCUT2D eigenvalue weighted by Gasteiger charge is -2.34. The van der Waals surface area contributed by atoms with Crippen LogP contribution in [0.5, 0.6) is 0 Å². The average molecular weight is 611 g/mol. The van der Waals surface area contributed by atoms with Gasteiger partial charge in [0.2, 0.25) is 0 Å². The smallest absolute Gasteiger partial charge is 0.299 e. The molecule has 0 unspecified atom stereocenters. The molecule has 42 heavy (non-hydrogen) atoms. The van der Waals surface area contributed by atoms with Gasteiger partial charge in [-0.05, 0) is 79.2 Å². The van der Waals surface area contributed by atoms with E-state index in [1.54, 1.807) is 12.3 Å². The number of ketones is 1. The number of thiazole rings is 1. The summed E-state index contributed by atoms with van der Waals surface area (Å²) in [5.41, 5.74) is 4.38. The first kappa shape index (κ1) is 30.7. The van der Waals surface area contributed by atoms with Gasteiger partial charge in [-0.1, -0.05) is 50.3 Å². The van der Waals surface area contributed by atoms with Crippen molar-refractivity contribution in [2.24, 2.45) is 11.3 Å². The molecule has 0 saturated heterocycles. The molecule has 0 aromatic carbocycles. The van der Waals surface area contributed by atoms with Crippen LogP contribution in [0.3, 0.4) is 0 Å². The van der Waals surface area contributed by atoms with E-state index in [1.807, 2.05) is 6.07 Å². The van der Waals surface area contributed by atoms with Crippen molar-refractivity contribution < 1.29 is 13.2 Å². The van der Waals surface area contributed by atoms with Crippen LogP contribution in [0, 0.1) is 11.3 Å². The van der Waals surface area contributed by atoms with Crippen molar-refractivity contribution in [2.75, 3.05) is 38.5 Å². The van der Waals surface area contributed by atoms with Crippen molar-refractivity contribution >= 4 is 43.5 Å². The van der Waals surface area contributed by atoms with Gasteiger partial charge in [0.1, 0.15) is 16.2 Å². The van der Waals surface area contributed by atoms with Crippen molar-refractivity contribution in [3.05, 3.63) is 58.4 Å². The minimum Gasteiger partial charge on any atom is -0.299 e. The Bertz CT molecular complexity index is 1560. The molecule has 3 aromatic heterocycles. The molecule has 0 amide bonds. The van der Waals surface area contributed by atoms with Gasteiger partial charge in [-0.15, -0.1) is 0 Å². The first-order chi connectivity index (χ1) is 19.9. The molecule has 226 valence electrons. The van der Waals surface area contributed by atoms with Gasteiger partial charge < -0.3 is 0 Å². The van der Waals surface area contributed by atoms with E-state index in [9.17, 15) is 13.2 Å². The predicted molar refractivity (Wildman–Crippen MR) is 169 cm³/mol. The van der Waals surface area contributed by atoms with Gasteiger partial charge in [0.15, 0.2) is 10.8 Å². The van der Waals surface area contributed by atoms with Crippen molar-refractivity contribution in [2.45, 2.75) is 65.2 Å². The maximum Gasteiger partial charge on any atom is 0.302 e. The van der Waals surface area contributed by atoms with E-state index in [0.717, 1.165) is 77.6 Å². The monoisotopic (exact) mass is 610 g/mol. The molecule has 0 bridgehead atoms. The number of anilines is 1. The van der Waals surface area contributed by atoms with Crippen LogP contribution in [0.2, 0.25) is 0 Å². The van der Waals surface area contributed by atoms with Gasteiger partial charge in [0, 0.05) is 45.5 Å². The number of rotatable bonds is 10. The molecule has 11 heteroatoms. The van der Waals surface area contributed by atoms with E-state index in [4.69, 9.17) is 9.97 Å². The number of carbonyl (C=O) groups excluding carboxylic acids is 1. The Hall–Kier alpha value is -2.73. The number of nitrogens with zero attached hydrogens (tertiary/aromatic N) is 5. The van der Waals surface area contributed by atoms with Gasteiger partial charge >= 0.3 is 10.2 Å². The molecular weight excluding hydrogens is 569 g/mol. The number of aryl methyl sites for hydroxylation is 1. The number of Topliss-reactive ketones (excluding diaryl/α,β-unsaturated/α-hetero) is 1. The fourth-order valence-corrected chi connectivity index (χ4v) is 7.19. The van der Waals surface area contributed by atoms with Crippen LogP contribution in [-0.4, -0.2) is 72.1 Å². The number of pyridine rings is 2. The molecule has 2 atom stereocenters. The van der Waals surface area contributed by atoms with Crippen LogP contribution in [0.25, 0.3) is 10.3 Å². The van der Waals surface area contributed by atoms with Crippen molar-refractivity contribution in [3.8, 4) is 0 Å². The maximum absolute atomic E-state index is 13.7. The lowest BCUT2D eigenvalue weighted by molar-refractivity contribution is 0.0970. The van der Waals surface area contributed by atoms with E-state index in [2.05, 4.69) is 53.6 Å². The molecule has 0 spiro atoms. The Labute approximate surface area is 253 Å². The quantitative estimate of drug-likeness (QED) is 0.240. The Morgan fingerprint density at radius 2 is 2.02 bits per heavy atom. The third-order valence-electron chi connectivity index (χ3n) is 8.55. The van der Waals surface area contributed by atoms with Crippen LogP contribution in [0.15, 0.2) is 36.5 Å². The van der Waals surface area contributed by atoms with E-state index in [0.29, 0.717) is 17.3 Å². The lowest BCUT2D eigenvalue weighted by Crippen LogP contribution is -2.29. The van der Waals surface area contributed by atoms with E-state index < -0.39 is 10.2 Å². The minimum atomic E-state index is -3.65. The van der Waals surface area contributed by atoms with Gasteiger partial charge in [-0.2, -0.15) is 12.7 Å². The largest absolute Gasteiger partial charge is 0.302 e. The standard InChI is InChI=1S/C31H42N6O3S2/c1-31(2,3)24-10-11-25-23(17-24)18-26-29(33-25)41-30(34-26)27(38)19-21(13-16-37-14-7-6-8-15-37)22-9-12-28(32-20-22)35-42(39,40)36(4)5/h6-7,9,12,18,20-21,24H,8,10-11,13-17,19H2,1-5H3,(H,32,35)/t21-,24-/m0/s1. The Morgan fingerprint density at radius 1 is 1.21 bits per heavy atom. The van der Waals surface area contributed by atoms with Gasteiger partial charge in [-0.25, -0.2) is 15.0 Å². The highest BCUT2D eigenvalue weighted by Crippen LogP contribution is 2.38. The van der Waals surface area contributed by atoms with E-state index >= 15 is 0 Å². The van der Waals surface area contributed by atoms with Crippen LogP contribution >= 0.6 is 11.3 Å². The summed E-state index contributed by atoms with van der Waals surface area (Å²) in [6.45, 7) is 9.69. The molecule has 1 aliphatic carbocycles. The normalized spacial score (nSPS) is 18.8. The molecule has 1 aliphatic heterocycles. The Balaban J connectivity index is 1.35. The number of fused-ring (bicyclic) bond motifs is 2. The SMILES string of the molecule is CN(C)S(=O)(=O)Nc1ccc([C@@H](CCN2CC=CCC2)CC(=O)c2nc3cc4c(nc3s2)CC[C@H](C(C)(C)C)C4)cn1. The molecule has 0 radical (unpaired) electrons. The topological polar surface area (TPSA) is 108 Å². The molecule has 0 saturated carbocycles. The second-order valence-corrected chi connectivity index (χ2v) is 15.6. The summed E-state index contributed by atoms with van der Waals surface area (Å²) in [5.74, 6) is 0.785. The summed E-state index contributed by atoms with van der Waals surface area (Å²) in [7, 11) is -0.729. The summed E-state index contributed by atoms with van der Waals surface area (Å²) >= 11 is 1.39. The predicted octanol–water partition coefficient (Wildman–Crippen LogP) is 5.46. The number of aromatic nitrogens is 3.